The summed E-state index contributed by atoms with van der Waals surface area (Å²) in [6.45, 7) is 6.39. The molecule has 0 aromatic carbocycles. The smallest absolute Gasteiger partial charge is 0.151 e. The molecule has 4 heteroatoms. The number of thiophene rings is 1. The molecule has 16 heavy (non-hydrogen) atoms. The van der Waals surface area contributed by atoms with E-state index in [0.29, 0.717) is 6.04 Å². The highest BCUT2D eigenvalue weighted by Crippen LogP contribution is 2.24. The van der Waals surface area contributed by atoms with E-state index in [-0.39, 0.29) is 0 Å². The van der Waals surface area contributed by atoms with E-state index in [1.165, 1.54) is 16.1 Å². The van der Waals surface area contributed by atoms with E-state index in [9.17, 15) is 0 Å². The van der Waals surface area contributed by atoms with Crippen LogP contribution < -0.4 is 5.32 Å². The van der Waals surface area contributed by atoms with Crippen molar-refractivity contribution in [1.82, 2.24) is 10.2 Å². The van der Waals surface area contributed by atoms with E-state index >= 15 is 0 Å². The summed E-state index contributed by atoms with van der Waals surface area (Å²) in [5.41, 5.74) is 2.44. The van der Waals surface area contributed by atoms with Gasteiger partial charge in [0.05, 0.1) is 6.04 Å². The molecule has 0 saturated heterocycles. The molecule has 1 atom stereocenters. The third-order valence-electron chi connectivity index (χ3n) is 2.79. The van der Waals surface area contributed by atoms with Gasteiger partial charge in [-0.25, -0.2) is 0 Å². The number of anilines is 1. The topological polar surface area (TPSA) is 40.7 Å². The van der Waals surface area contributed by atoms with Crippen molar-refractivity contribution >= 4 is 17.2 Å². The van der Waals surface area contributed by atoms with E-state index in [1.807, 2.05) is 0 Å². The van der Waals surface area contributed by atoms with Crippen LogP contribution in [0.15, 0.2) is 17.5 Å². The molecule has 2 N–H and O–H groups in total. The molecule has 0 saturated carbocycles. The van der Waals surface area contributed by atoms with Gasteiger partial charge in [0, 0.05) is 16.1 Å². The van der Waals surface area contributed by atoms with Gasteiger partial charge in [0.1, 0.15) is 0 Å². The molecule has 2 aromatic heterocycles. The summed E-state index contributed by atoms with van der Waals surface area (Å²) in [6.07, 6.45) is 0.994. The fourth-order valence-corrected chi connectivity index (χ4v) is 2.47. The minimum atomic E-state index is 0.312. The van der Waals surface area contributed by atoms with Crippen molar-refractivity contribution in [2.45, 2.75) is 33.2 Å². The minimum Gasteiger partial charge on any atom is -0.361 e. The van der Waals surface area contributed by atoms with Crippen LogP contribution >= 0.6 is 11.3 Å². The van der Waals surface area contributed by atoms with E-state index < -0.39 is 0 Å². The second-order valence-corrected chi connectivity index (χ2v) is 4.89. The van der Waals surface area contributed by atoms with Gasteiger partial charge in [-0.05, 0) is 31.7 Å². The Hall–Kier alpha value is -1.29. The average Bonchev–Trinajstić information content (AvgIpc) is 2.89. The number of aromatic amines is 1. The number of H-pyrrole nitrogens is 1. The predicted octanol–water partition coefficient (Wildman–Crippen LogP) is 3.52. The zero-order chi connectivity index (χ0) is 11.5. The summed E-state index contributed by atoms with van der Waals surface area (Å²) in [4.78, 5) is 1.33. The quantitative estimate of drug-likeness (QED) is 0.851. The fraction of sp³-hybridized carbons (Fsp3) is 0.417. The van der Waals surface area contributed by atoms with Crippen LogP contribution in [0.1, 0.15) is 36.0 Å². The number of nitrogens with one attached hydrogen (secondary N) is 2. The Labute approximate surface area is 99.9 Å². The Morgan fingerprint density at radius 3 is 2.94 bits per heavy atom. The van der Waals surface area contributed by atoms with Crippen LogP contribution in [0.5, 0.6) is 0 Å². The normalized spacial score (nSPS) is 12.7. The van der Waals surface area contributed by atoms with Crippen LogP contribution in [0.3, 0.4) is 0 Å². The van der Waals surface area contributed by atoms with Gasteiger partial charge in [0.2, 0.25) is 0 Å². The lowest BCUT2D eigenvalue weighted by Gasteiger charge is -2.11. The van der Waals surface area contributed by atoms with Gasteiger partial charge in [0.15, 0.2) is 5.82 Å². The molecule has 0 amide bonds. The number of hydrogen-bond acceptors (Lipinski definition) is 3. The van der Waals surface area contributed by atoms with Gasteiger partial charge in [0.25, 0.3) is 0 Å². The van der Waals surface area contributed by atoms with Crippen LogP contribution in [0.2, 0.25) is 0 Å². The third kappa shape index (κ3) is 2.11. The molecule has 86 valence electrons. The van der Waals surface area contributed by atoms with Gasteiger partial charge in [-0.3, -0.25) is 5.10 Å². The minimum absolute atomic E-state index is 0.312. The van der Waals surface area contributed by atoms with Crippen molar-refractivity contribution in [3.8, 4) is 0 Å². The zero-order valence-corrected chi connectivity index (χ0v) is 10.7. The van der Waals surface area contributed by atoms with Gasteiger partial charge < -0.3 is 5.32 Å². The molecule has 0 aliphatic carbocycles. The second-order valence-electron chi connectivity index (χ2n) is 3.91. The van der Waals surface area contributed by atoms with Crippen LogP contribution in [0.25, 0.3) is 0 Å². The molecule has 0 radical (unpaired) electrons. The first-order valence-corrected chi connectivity index (χ1v) is 6.44. The summed E-state index contributed by atoms with van der Waals surface area (Å²) in [6, 6.07) is 4.53. The SMILES string of the molecule is CCc1[nH]nc(NC(C)c2cccs2)c1C. The van der Waals surface area contributed by atoms with Gasteiger partial charge >= 0.3 is 0 Å². The second kappa shape index (κ2) is 4.70. The standard InChI is InChI=1S/C12H17N3S/c1-4-10-8(2)12(15-14-10)13-9(3)11-6-5-7-16-11/h5-7,9H,4H2,1-3H3,(H2,13,14,15). The summed E-state index contributed by atoms with van der Waals surface area (Å²) in [5, 5.41) is 12.9. The molecule has 3 nitrogen and oxygen atoms in total. The fourth-order valence-electron chi connectivity index (χ4n) is 1.73. The van der Waals surface area contributed by atoms with Crippen molar-refractivity contribution in [2.75, 3.05) is 5.32 Å². The van der Waals surface area contributed by atoms with Gasteiger partial charge in [-0.15, -0.1) is 11.3 Å². The Kier molecular flexibility index (Phi) is 3.29. The summed E-state index contributed by atoms with van der Waals surface area (Å²) in [7, 11) is 0. The van der Waals surface area contributed by atoms with Crippen LogP contribution in [-0.2, 0) is 6.42 Å². The van der Waals surface area contributed by atoms with Crippen LogP contribution in [0.4, 0.5) is 5.82 Å². The molecule has 0 aliphatic heterocycles. The monoisotopic (exact) mass is 235 g/mol. The number of rotatable bonds is 4. The molecule has 0 spiro atoms. The number of aryl methyl sites for hydroxylation is 1. The first kappa shape index (κ1) is 11.2. The highest BCUT2D eigenvalue weighted by Gasteiger charge is 2.11. The predicted molar refractivity (Wildman–Crippen MR) is 69.1 cm³/mol. The number of nitrogens with zero attached hydrogens (tertiary/aromatic N) is 1. The first-order chi connectivity index (χ1) is 7.72. The van der Waals surface area contributed by atoms with Crippen LogP contribution in [-0.4, -0.2) is 10.2 Å². The molecular formula is C12H17N3S. The van der Waals surface area contributed by atoms with Gasteiger partial charge in [-0.2, -0.15) is 5.10 Å². The maximum absolute atomic E-state index is 4.30. The molecule has 0 fully saturated rings. The molecular weight excluding hydrogens is 218 g/mol. The molecule has 1 unspecified atom stereocenters. The first-order valence-electron chi connectivity index (χ1n) is 5.56. The van der Waals surface area contributed by atoms with E-state index in [2.05, 4.69) is 53.8 Å². The Morgan fingerprint density at radius 1 is 1.56 bits per heavy atom. The molecule has 2 rings (SSSR count). The van der Waals surface area contributed by atoms with E-state index in [4.69, 9.17) is 0 Å². The molecule has 2 aromatic rings. The van der Waals surface area contributed by atoms with Crippen molar-refractivity contribution < 1.29 is 0 Å². The van der Waals surface area contributed by atoms with Crippen molar-refractivity contribution in [3.05, 3.63) is 33.6 Å². The molecule has 0 aliphatic rings. The average molecular weight is 235 g/mol. The maximum Gasteiger partial charge on any atom is 0.151 e. The van der Waals surface area contributed by atoms with Crippen molar-refractivity contribution in [3.63, 3.8) is 0 Å². The summed E-state index contributed by atoms with van der Waals surface area (Å²) in [5.74, 6) is 0.970. The van der Waals surface area contributed by atoms with E-state index in [1.54, 1.807) is 11.3 Å². The Bertz CT molecular complexity index is 445. The lowest BCUT2D eigenvalue weighted by atomic mass is 10.2. The number of hydrogen-bond donors (Lipinski definition) is 2. The van der Waals surface area contributed by atoms with Gasteiger partial charge in [-0.1, -0.05) is 13.0 Å². The largest absolute Gasteiger partial charge is 0.361 e. The number of aromatic nitrogens is 2. The van der Waals surface area contributed by atoms with Crippen molar-refractivity contribution in [2.24, 2.45) is 0 Å². The van der Waals surface area contributed by atoms with E-state index in [0.717, 1.165) is 12.2 Å². The lowest BCUT2D eigenvalue weighted by Crippen LogP contribution is -2.06. The van der Waals surface area contributed by atoms with Crippen LogP contribution in [0, 0.1) is 6.92 Å². The maximum atomic E-state index is 4.30. The lowest BCUT2D eigenvalue weighted by molar-refractivity contribution is 0.887. The Morgan fingerprint density at radius 2 is 2.38 bits per heavy atom. The highest BCUT2D eigenvalue weighted by molar-refractivity contribution is 7.10. The molecule has 2 heterocycles. The zero-order valence-electron chi connectivity index (χ0n) is 9.87. The summed E-state index contributed by atoms with van der Waals surface area (Å²) >= 11 is 1.77. The molecule has 0 bridgehead atoms. The van der Waals surface area contributed by atoms with Crippen molar-refractivity contribution in [1.29, 1.82) is 0 Å². The highest BCUT2D eigenvalue weighted by atomic mass is 32.1. The Balaban J connectivity index is 2.12. The third-order valence-corrected chi connectivity index (χ3v) is 3.84. The summed E-state index contributed by atoms with van der Waals surface area (Å²) < 4.78 is 0.